The molecule has 0 N–H and O–H groups in total. The highest BCUT2D eigenvalue weighted by molar-refractivity contribution is 6.22. The lowest BCUT2D eigenvalue weighted by Gasteiger charge is -2.28. The maximum Gasteiger partial charge on any atom is 0.330 e. The number of esters is 1. The topological polar surface area (TPSA) is 94.9 Å². The Balaban J connectivity index is 1.78. The van der Waals surface area contributed by atoms with Crippen LogP contribution in [0.15, 0.2) is 30.3 Å². The average Bonchev–Trinajstić information content (AvgIpc) is 3.25. The number of rotatable bonds is 10. The first-order chi connectivity index (χ1) is 16.1. The van der Waals surface area contributed by atoms with Crippen LogP contribution in [0.5, 0.6) is 0 Å². The minimum atomic E-state index is -1.11. The van der Waals surface area contributed by atoms with E-state index in [1.165, 1.54) is 0 Å². The van der Waals surface area contributed by atoms with Crippen molar-refractivity contribution in [2.24, 2.45) is 5.92 Å². The van der Waals surface area contributed by atoms with Crippen LogP contribution in [0.25, 0.3) is 0 Å². The maximum atomic E-state index is 13.1. The molecular formula is C26H32N2O6. The van der Waals surface area contributed by atoms with Gasteiger partial charge in [-0.05, 0) is 44.9 Å². The van der Waals surface area contributed by atoms with Gasteiger partial charge in [0.2, 0.25) is 5.78 Å². The number of carbonyl (C=O) groups excluding carboxylic acids is 4. The molecule has 1 aliphatic rings. The van der Waals surface area contributed by atoms with E-state index in [-0.39, 0.29) is 28.9 Å². The maximum absolute atomic E-state index is 13.1. The van der Waals surface area contributed by atoms with Crippen LogP contribution in [0.2, 0.25) is 0 Å². The van der Waals surface area contributed by atoms with Gasteiger partial charge in [-0.25, -0.2) is 4.79 Å². The molecule has 8 heteroatoms. The zero-order valence-electron chi connectivity index (χ0n) is 20.6. The lowest BCUT2D eigenvalue weighted by atomic mass is 9.97. The number of benzene rings is 1. The van der Waals surface area contributed by atoms with Crippen LogP contribution in [0.3, 0.4) is 0 Å². The summed E-state index contributed by atoms with van der Waals surface area (Å²) >= 11 is 0. The number of amides is 2. The van der Waals surface area contributed by atoms with Gasteiger partial charge in [0, 0.05) is 24.1 Å². The van der Waals surface area contributed by atoms with Gasteiger partial charge in [-0.1, -0.05) is 32.4 Å². The molecule has 0 saturated carbocycles. The molecule has 182 valence electrons. The highest BCUT2D eigenvalue weighted by Crippen LogP contribution is 2.29. The number of nitrogens with zero attached hydrogens (tertiary/aromatic N) is 2. The molecule has 2 amide bonds. The van der Waals surface area contributed by atoms with E-state index in [1.54, 1.807) is 44.4 Å². The van der Waals surface area contributed by atoms with Crippen molar-refractivity contribution in [3.63, 3.8) is 0 Å². The molecule has 1 aliphatic heterocycles. The highest BCUT2D eigenvalue weighted by atomic mass is 16.5. The molecule has 34 heavy (non-hydrogen) atoms. The number of carbonyl (C=O) groups is 4. The summed E-state index contributed by atoms with van der Waals surface area (Å²) in [6, 6.07) is 7.18. The lowest BCUT2D eigenvalue weighted by molar-refractivity contribution is -0.149. The van der Waals surface area contributed by atoms with E-state index in [4.69, 9.17) is 9.47 Å². The van der Waals surface area contributed by atoms with Gasteiger partial charge in [-0.3, -0.25) is 19.3 Å². The quantitative estimate of drug-likeness (QED) is 0.299. The Hall–Kier alpha value is -3.26. The first-order valence-electron chi connectivity index (χ1n) is 11.5. The van der Waals surface area contributed by atoms with Crippen LogP contribution in [0.1, 0.15) is 75.7 Å². The van der Waals surface area contributed by atoms with E-state index in [0.717, 1.165) is 16.3 Å². The van der Waals surface area contributed by atoms with E-state index in [2.05, 4.69) is 0 Å². The molecule has 2 heterocycles. The minimum Gasteiger partial charge on any atom is -0.456 e. The van der Waals surface area contributed by atoms with Crippen molar-refractivity contribution < 1.29 is 28.7 Å². The predicted octanol–water partition coefficient (Wildman–Crippen LogP) is 3.75. The number of aromatic nitrogens is 1. The largest absolute Gasteiger partial charge is 0.456 e. The van der Waals surface area contributed by atoms with Gasteiger partial charge < -0.3 is 14.0 Å². The number of fused-ring (bicyclic) bond motifs is 1. The zero-order chi connectivity index (χ0) is 25.2. The third kappa shape index (κ3) is 4.55. The Labute approximate surface area is 199 Å². The van der Waals surface area contributed by atoms with Crippen molar-refractivity contribution in [2.45, 2.75) is 53.1 Å². The summed E-state index contributed by atoms with van der Waals surface area (Å²) in [5.74, 6) is -2.50. The number of hydrogen-bond donors (Lipinski definition) is 0. The SMILES string of the molecule is CC[C@H](C)[C@@H](C(=O)OCC(=O)c1cc(C)n(C(C)COC)c1C)N1C(=O)c2ccccc2C1=O. The van der Waals surface area contributed by atoms with Gasteiger partial charge in [0.1, 0.15) is 6.04 Å². The minimum absolute atomic E-state index is 0.0395. The van der Waals surface area contributed by atoms with E-state index < -0.39 is 30.4 Å². The number of ether oxygens (including phenoxy) is 2. The van der Waals surface area contributed by atoms with Gasteiger partial charge in [-0.15, -0.1) is 0 Å². The van der Waals surface area contributed by atoms with Gasteiger partial charge in [0.05, 0.1) is 23.8 Å². The number of imide groups is 1. The molecule has 8 nitrogen and oxygen atoms in total. The fourth-order valence-corrected chi connectivity index (χ4v) is 4.63. The second-order valence-corrected chi connectivity index (χ2v) is 8.85. The van der Waals surface area contributed by atoms with E-state index in [9.17, 15) is 19.2 Å². The normalized spacial score (nSPS) is 15.8. The fraction of sp³-hybridized carbons (Fsp3) is 0.462. The summed E-state index contributed by atoms with van der Waals surface area (Å²) in [6.45, 7) is 9.41. The lowest BCUT2D eigenvalue weighted by Crippen LogP contribution is -2.49. The number of methoxy groups -OCH3 is 1. The molecule has 3 atom stereocenters. The third-order valence-electron chi connectivity index (χ3n) is 6.51. The molecule has 0 spiro atoms. The van der Waals surface area contributed by atoms with Crippen LogP contribution in [-0.4, -0.2) is 59.4 Å². The second-order valence-electron chi connectivity index (χ2n) is 8.85. The highest BCUT2D eigenvalue weighted by Gasteiger charge is 2.45. The molecule has 0 radical (unpaired) electrons. The molecule has 0 fully saturated rings. The average molecular weight is 469 g/mol. The first-order valence-corrected chi connectivity index (χ1v) is 11.5. The molecule has 1 unspecified atom stereocenters. The van der Waals surface area contributed by atoms with Crippen molar-refractivity contribution in [2.75, 3.05) is 20.3 Å². The van der Waals surface area contributed by atoms with Gasteiger partial charge in [-0.2, -0.15) is 0 Å². The van der Waals surface area contributed by atoms with Crippen LogP contribution in [0.4, 0.5) is 0 Å². The summed E-state index contributed by atoms with van der Waals surface area (Å²) < 4.78 is 12.6. The van der Waals surface area contributed by atoms with Crippen LogP contribution >= 0.6 is 0 Å². The summed E-state index contributed by atoms with van der Waals surface area (Å²) in [5.41, 5.74) is 2.67. The smallest absolute Gasteiger partial charge is 0.330 e. The van der Waals surface area contributed by atoms with Crippen LogP contribution < -0.4 is 0 Å². The Morgan fingerprint density at radius 1 is 1.03 bits per heavy atom. The second kappa shape index (κ2) is 10.3. The summed E-state index contributed by atoms with van der Waals surface area (Å²) in [7, 11) is 1.62. The monoisotopic (exact) mass is 468 g/mol. The molecule has 0 aliphatic carbocycles. The number of aryl methyl sites for hydroxylation is 1. The zero-order valence-corrected chi connectivity index (χ0v) is 20.6. The van der Waals surface area contributed by atoms with Crippen LogP contribution in [-0.2, 0) is 14.3 Å². The van der Waals surface area contributed by atoms with Crippen molar-refractivity contribution >= 4 is 23.6 Å². The predicted molar refractivity (Wildman–Crippen MR) is 126 cm³/mol. The summed E-state index contributed by atoms with van der Waals surface area (Å²) in [4.78, 5) is 52.9. The standard InChI is InChI=1S/C26H32N2O6/c1-7-15(2)23(28-24(30)19-10-8-9-11-20(19)25(28)31)26(32)34-14-22(29)21-12-16(3)27(18(21)5)17(4)13-33-6/h8-12,15,17,23H,7,13-14H2,1-6H3/t15-,17?,23-/m0/s1. The number of Topliss-reactive ketones (excluding diaryl/α,β-unsaturated/α-hetero) is 1. The Kier molecular flexibility index (Phi) is 7.71. The van der Waals surface area contributed by atoms with Crippen molar-refractivity contribution in [3.05, 3.63) is 58.4 Å². The molecule has 0 bridgehead atoms. The fourth-order valence-electron chi connectivity index (χ4n) is 4.63. The summed E-state index contributed by atoms with van der Waals surface area (Å²) in [6.07, 6.45) is 0.541. The summed E-state index contributed by atoms with van der Waals surface area (Å²) in [5, 5.41) is 0. The van der Waals surface area contributed by atoms with E-state index in [0.29, 0.717) is 18.6 Å². The van der Waals surface area contributed by atoms with Crippen molar-refractivity contribution in [1.82, 2.24) is 9.47 Å². The van der Waals surface area contributed by atoms with Crippen LogP contribution in [0, 0.1) is 19.8 Å². The van der Waals surface area contributed by atoms with Gasteiger partial charge in [0.25, 0.3) is 11.8 Å². The van der Waals surface area contributed by atoms with Crippen molar-refractivity contribution in [1.29, 1.82) is 0 Å². The van der Waals surface area contributed by atoms with E-state index in [1.807, 2.05) is 32.3 Å². The third-order valence-corrected chi connectivity index (χ3v) is 6.51. The van der Waals surface area contributed by atoms with Crippen molar-refractivity contribution in [3.8, 4) is 0 Å². The number of hydrogen-bond acceptors (Lipinski definition) is 6. The molecule has 2 aromatic rings. The Bertz CT molecular complexity index is 1080. The molecular weight excluding hydrogens is 436 g/mol. The molecule has 1 aromatic carbocycles. The Morgan fingerprint density at radius 2 is 1.62 bits per heavy atom. The number of ketones is 1. The molecule has 3 rings (SSSR count). The molecule has 1 aromatic heterocycles. The van der Waals surface area contributed by atoms with E-state index >= 15 is 0 Å². The first kappa shape index (κ1) is 25.4. The molecule has 0 saturated heterocycles. The van der Waals surface area contributed by atoms with Gasteiger partial charge >= 0.3 is 5.97 Å². The van der Waals surface area contributed by atoms with Gasteiger partial charge in [0.15, 0.2) is 6.61 Å². The Morgan fingerprint density at radius 3 is 2.15 bits per heavy atom.